The maximum absolute atomic E-state index is 13.3. The van der Waals surface area contributed by atoms with E-state index in [0.717, 1.165) is 35.3 Å². The molecule has 3 aromatic carbocycles. The van der Waals surface area contributed by atoms with E-state index in [1.54, 1.807) is 17.9 Å². The van der Waals surface area contributed by atoms with E-state index < -0.39 is 6.04 Å². The summed E-state index contributed by atoms with van der Waals surface area (Å²) in [5.74, 6) is -0.172. The molecule has 3 aromatic rings. The molecule has 1 unspecified atom stereocenters. The van der Waals surface area contributed by atoms with Crippen LogP contribution in [0.3, 0.4) is 0 Å². The lowest BCUT2D eigenvalue weighted by molar-refractivity contribution is -0.117. The van der Waals surface area contributed by atoms with Gasteiger partial charge in [0.15, 0.2) is 0 Å². The van der Waals surface area contributed by atoms with Gasteiger partial charge in [-0.3, -0.25) is 9.59 Å². The molecule has 3 rings (SSSR count). The van der Waals surface area contributed by atoms with Gasteiger partial charge in [0.05, 0.1) is 0 Å². The molecule has 2 amide bonds. The number of nitrogens with two attached hydrogens (primary N) is 1. The molecule has 0 saturated carbocycles. The van der Waals surface area contributed by atoms with E-state index in [4.69, 9.17) is 5.73 Å². The van der Waals surface area contributed by atoms with E-state index in [9.17, 15) is 9.59 Å². The van der Waals surface area contributed by atoms with Gasteiger partial charge in [-0.05, 0) is 73.8 Å². The average molecular weight is 487 g/mol. The molecular weight excluding hydrogens is 448 g/mol. The lowest BCUT2D eigenvalue weighted by atomic mass is 10.0. The van der Waals surface area contributed by atoms with Crippen molar-refractivity contribution in [2.75, 3.05) is 28.6 Å². The lowest BCUT2D eigenvalue weighted by Gasteiger charge is -2.22. The maximum atomic E-state index is 13.3. The van der Waals surface area contributed by atoms with E-state index in [-0.39, 0.29) is 11.8 Å². The molecule has 0 aliphatic rings. The molecule has 0 fully saturated rings. The number of anilines is 3. The predicted octanol–water partition coefficient (Wildman–Crippen LogP) is 5.93. The van der Waals surface area contributed by atoms with E-state index >= 15 is 0 Å². The molecule has 4 N–H and O–H groups in total. The van der Waals surface area contributed by atoms with Crippen molar-refractivity contribution in [2.24, 2.45) is 5.73 Å². The van der Waals surface area contributed by atoms with Gasteiger partial charge in [-0.2, -0.15) is 0 Å². The third-order valence-corrected chi connectivity index (χ3v) is 5.34. The number of nitrogens with one attached hydrogen (secondary N) is 2. The largest absolute Gasteiger partial charge is 0.370 e. The molecule has 0 aromatic heterocycles. The molecule has 1 atom stereocenters. The second-order valence-electron chi connectivity index (χ2n) is 8.34. The quantitative estimate of drug-likeness (QED) is 0.310. The Morgan fingerprint density at radius 1 is 1.00 bits per heavy atom. The summed E-state index contributed by atoms with van der Waals surface area (Å²) in [6.45, 7) is 10.1. The first kappa shape index (κ1) is 28.3. The van der Waals surface area contributed by atoms with E-state index in [2.05, 4.69) is 17.2 Å². The van der Waals surface area contributed by atoms with Gasteiger partial charge < -0.3 is 21.3 Å². The molecule has 6 heteroatoms. The van der Waals surface area contributed by atoms with Crippen LogP contribution in [0.4, 0.5) is 17.1 Å². The number of rotatable bonds is 10. The molecular formula is C30H38N4O2. The summed E-state index contributed by atoms with van der Waals surface area (Å²) in [6.07, 6.45) is 3.40. The molecule has 0 radical (unpaired) electrons. The first-order chi connectivity index (χ1) is 17.4. The Morgan fingerprint density at radius 3 is 2.25 bits per heavy atom. The van der Waals surface area contributed by atoms with Gasteiger partial charge in [-0.25, -0.2) is 0 Å². The first-order valence-corrected chi connectivity index (χ1v) is 12.3. The number of nitrogens with zero attached hydrogens (tertiary/aromatic N) is 1. The Hall–Kier alpha value is -3.90. The molecule has 0 aliphatic carbocycles. The van der Waals surface area contributed by atoms with Crippen LogP contribution < -0.4 is 21.3 Å². The highest BCUT2D eigenvalue weighted by Crippen LogP contribution is 2.24. The molecule has 0 spiro atoms. The number of allylic oxidation sites excluding steroid dienone is 1. The standard InChI is InChI=1S/C27H32N4O2.C3H6/c1-3-18-31(20(2)32)25-14-12-23(13-15-25)30-27(33)26(22-9-5-4-6-10-22)29-24-11-7-8-21(19-24)16-17-28;1-3-2/h4-15,19,26,29H,3,16-18,28H2,1-2H3,(H,30,33);3H,1H2,2H3. The van der Waals surface area contributed by atoms with Crippen molar-refractivity contribution in [1.29, 1.82) is 0 Å². The van der Waals surface area contributed by atoms with E-state index in [0.29, 0.717) is 18.8 Å². The smallest absolute Gasteiger partial charge is 0.251 e. The summed E-state index contributed by atoms with van der Waals surface area (Å²) in [5, 5.41) is 6.37. The molecule has 0 bridgehead atoms. The fraction of sp³-hybridized carbons (Fsp3) is 0.267. The van der Waals surface area contributed by atoms with Crippen molar-refractivity contribution in [3.05, 3.63) is 103 Å². The zero-order valence-electron chi connectivity index (χ0n) is 21.5. The normalized spacial score (nSPS) is 10.9. The van der Waals surface area contributed by atoms with Gasteiger partial charge in [0.1, 0.15) is 6.04 Å². The second kappa shape index (κ2) is 15.2. The molecule has 6 nitrogen and oxygen atoms in total. The van der Waals surface area contributed by atoms with Crippen LogP contribution in [0.5, 0.6) is 0 Å². The SMILES string of the molecule is C=CC.CCCN(C(C)=O)c1ccc(NC(=O)C(Nc2cccc(CCN)c2)c2ccccc2)cc1. The highest BCUT2D eigenvalue weighted by Gasteiger charge is 2.21. The molecule has 36 heavy (non-hydrogen) atoms. The Balaban J connectivity index is 0.00000145. The van der Waals surface area contributed by atoms with Crippen LogP contribution in [0.1, 0.15) is 44.4 Å². The first-order valence-electron chi connectivity index (χ1n) is 12.3. The zero-order chi connectivity index (χ0) is 26.3. The summed E-state index contributed by atoms with van der Waals surface area (Å²) in [5.41, 5.74) is 10.0. The molecule has 0 heterocycles. The van der Waals surface area contributed by atoms with Crippen LogP contribution >= 0.6 is 0 Å². The highest BCUT2D eigenvalue weighted by atomic mass is 16.2. The van der Waals surface area contributed by atoms with Crippen molar-refractivity contribution in [2.45, 2.75) is 39.7 Å². The van der Waals surface area contributed by atoms with Gasteiger partial charge in [-0.15, -0.1) is 6.58 Å². The Bertz CT molecular complexity index is 1100. The van der Waals surface area contributed by atoms with Crippen molar-refractivity contribution >= 4 is 28.9 Å². The van der Waals surface area contributed by atoms with Gasteiger partial charge in [-0.1, -0.05) is 55.5 Å². The van der Waals surface area contributed by atoms with Crippen LogP contribution in [0.2, 0.25) is 0 Å². The van der Waals surface area contributed by atoms with Crippen LogP contribution in [0, 0.1) is 0 Å². The number of carbonyl (C=O) groups is 2. The van der Waals surface area contributed by atoms with Gasteiger partial charge in [0.2, 0.25) is 5.91 Å². The molecule has 0 aliphatic heterocycles. The number of amides is 2. The Kier molecular flexibility index (Phi) is 11.9. The van der Waals surface area contributed by atoms with Crippen LogP contribution in [-0.2, 0) is 16.0 Å². The summed E-state index contributed by atoms with van der Waals surface area (Å²) in [6, 6.07) is 24.4. The summed E-state index contributed by atoms with van der Waals surface area (Å²) < 4.78 is 0. The Labute approximate surface area is 215 Å². The zero-order valence-corrected chi connectivity index (χ0v) is 21.5. The van der Waals surface area contributed by atoms with Crippen molar-refractivity contribution < 1.29 is 9.59 Å². The highest BCUT2D eigenvalue weighted by molar-refractivity contribution is 5.98. The van der Waals surface area contributed by atoms with Gasteiger partial charge >= 0.3 is 0 Å². The van der Waals surface area contributed by atoms with Gasteiger partial charge in [0, 0.05) is 30.5 Å². The average Bonchev–Trinajstić information content (AvgIpc) is 2.88. The minimum Gasteiger partial charge on any atom is -0.370 e. The summed E-state index contributed by atoms with van der Waals surface area (Å²) >= 11 is 0. The number of carbonyl (C=O) groups excluding carboxylic acids is 2. The minimum absolute atomic E-state index is 0.00107. The van der Waals surface area contributed by atoms with Crippen molar-refractivity contribution in [3.63, 3.8) is 0 Å². The fourth-order valence-corrected chi connectivity index (χ4v) is 3.73. The van der Waals surface area contributed by atoms with Gasteiger partial charge in [0.25, 0.3) is 5.91 Å². The predicted molar refractivity (Wildman–Crippen MR) is 151 cm³/mol. The maximum Gasteiger partial charge on any atom is 0.251 e. The number of hydrogen-bond acceptors (Lipinski definition) is 4. The van der Waals surface area contributed by atoms with Crippen molar-refractivity contribution in [1.82, 2.24) is 0 Å². The van der Waals surface area contributed by atoms with Crippen LogP contribution in [0.15, 0.2) is 91.5 Å². The molecule has 0 saturated heterocycles. The summed E-state index contributed by atoms with van der Waals surface area (Å²) in [4.78, 5) is 27.0. The van der Waals surface area contributed by atoms with Crippen LogP contribution in [0.25, 0.3) is 0 Å². The third-order valence-electron chi connectivity index (χ3n) is 5.34. The second-order valence-corrected chi connectivity index (χ2v) is 8.34. The van der Waals surface area contributed by atoms with E-state index in [1.165, 1.54) is 0 Å². The molecule has 190 valence electrons. The fourth-order valence-electron chi connectivity index (χ4n) is 3.73. The third kappa shape index (κ3) is 8.71. The number of hydrogen-bond donors (Lipinski definition) is 3. The summed E-state index contributed by atoms with van der Waals surface area (Å²) in [7, 11) is 0. The monoisotopic (exact) mass is 486 g/mol. The topological polar surface area (TPSA) is 87.5 Å². The number of benzene rings is 3. The Morgan fingerprint density at radius 2 is 1.67 bits per heavy atom. The van der Waals surface area contributed by atoms with Crippen LogP contribution in [-0.4, -0.2) is 24.9 Å². The van der Waals surface area contributed by atoms with Crippen molar-refractivity contribution in [3.8, 4) is 0 Å². The minimum atomic E-state index is -0.576. The van der Waals surface area contributed by atoms with E-state index in [1.807, 2.05) is 92.7 Å². The lowest BCUT2D eigenvalue weighted by Crippen LogP contribution is -2.29.